The Morgan fingerprint density at radius 3 is 2.76 bits per heavy atom. The molecule has 6 heteroatoms. The highest BCUT2D eigenvalue weighted by Crippen LogP contribution is 2.35. The van der Waals surface area contributed by atoms with Crippen molar-refractivity contribution in [1.82, 2.24) is 15.1 Å². The summed E-state index contributed by atoms with van der Waals surface area (Å²) >= 11 is 16.2. The Bertz CT molecular complexity index is 613. The van der Waals surface area contributed by atoms with Crippen LogP contribution in [-0.2, 0) is 6.54 Å². The molecule has 2 rings (SSSR count). The fourth-order valence-corrected chi connectivity index (χ4v) is 3.29. The van der Waals surface area contributed by atoms with Gasteiger partial charge in [0.25, 0.3) is 0 Å². The molecule has 1 aromatic heterocycles. The lowest BCUT2D eigenvalue weighted by atomic mass is 10.0. The summed E-state index contributed by atoms with van der Waals surface area (Å²) in [5, 5.41) is 9.06. The summed E-state index contributed by atoms with van der Waals surface area (Å²) in [4.78, 5) is 0. The second-order valence-electron chi connectivity index (χ2n) is 4.73. The summed E-state index contributed by atoms with van der Waals surface area (Å²) in [6.45, 7) is 5.88. The Labute approximate surface area is 143 Å². The molecule has 0 aliphatic rings. The Balaban J connectivity index is 2.53. The molecule has 3 nitrogen and oxygen atoms in total. The van der Waals surface area contributed by atoms with E-state index >= 15 is 0 Å². The minimum atomic E-state index is -0.0513. The van der Waals surface area contributed by atoms with Crippen LogP contribution in [0, 0.1) is 0 Å². The third-order valence-electron chi connectivity index (χ3n) is 3.24. The molecule has 0 aliphatic heterocycles. The zero-order valence-corrected chi connectivity index (χ0v) is 15.1. The van der Waals surface area contributed by atoms with Crippen molar-refractivity contribution in [2.45, 2.75) is 32.9 Å². The van der Waals surface area contributed by atoms with Crippen LogP contribution in [0.4, 0.5) is 0 Å². The molecule has 0 fully saturated rings. The summed E-state index contributed by atoms with van der Waals surface area (Å²) in [6, 6.07) is 5.67. The highest BCUT2D eigenvalue weighted by atomic mass is 79.9. The third-order valence-corrected chi connectivity index (χ3v) is 4.69. The summed E-state index contributed by atoms with van der Waals surface area (Å²) in [7, 11) is 0. The van der Waals surface area contributed by atoms with E-state index < -0.39 is 0 Å². The molecule has 1 N–H and O–H groups in total. The van der Waals surface area contributed by atoms with Crippen LogP contribution in [0.1, 0.15) is 37.6 Å². The minimum absolute atomic E-state index is 0.0513. The van der Waals surface area contributed by atoms with Crippen LogP contribution < -0.4 is 5.32 Å². The van der Waals surface area contributed by atoms with Crippen molar-refractivity contribution in [2.24, 2.45) is 0 Å². The van der Waals surface area contributed by atoms with Crippen molar-refractivity contribution >= 4 is 39.1 Å². The van der Waals surface area contributed by atoms with E-state index in [0.29, 0.717) is 10.0 Å². The van der Waals surface area contributed by atoms with Gasteiger partial charge in [-0.3, -0.25) is 4.68 Å². The van der Waals surface area contributed by atoms with Gasteiger partial charge in [0.05, 0.1) is 32.5 Å². The van der Waals surface area contributed by atoms with Crippen molar-refractivity contribution in [3.05, 3.63) is 50.2 Å². The summed E-state index contributed by atoms with van der Waals surface area (Å²) in [6.07, 6.45) is 2.84. The number of aromatic nitrogens is 2. The highest BCUT2D eigenvalue weighted by molar-refractivity contribution is 9.10. The van der Waals surface area contributed by atoms with Crippen molar-refractivity contribution in [3.8, 4) is 0 Å². The van der Waals surface area contributed by atoms with E-state index in [4.69, 9.17) is 23.2 Å². The molecule has 0 spiro atoms. The maximum Gasteiger partial charge on any atom is 0.0774 e. The number of benzene rings is 1. The van der Waals surface area contributed by atoms with E-state index in [9.17, 15) is 0 Å². The van der Waals surface area contributed by atoms with Crippen LogP contribution in [0.15, 0.2) is 28.9 Å². The number of hydrogen-bond donors (Lipinski definition) is 1. The van der Waals surface area contributed by atoms with Crippen LogP contribution in [0.2, 0.25) is 10.0 Å². The highest BCUT2D eigenvalue weighted by Gasteiger charge is 2.23. The quantitative estimate of drug-likeness (QED) is 0.746. The Hall–Kier alpha value is -0.550. The summed E-state index contributed by atoms with van der Waals surface area (Å²) in [5.74, 6) is 0. The van der Waals surface area contributed by atoms with Gasteiger partial charge in [-0.15, -0.1) is 0 Å². The fourth-order valence-electron chi connectivity index (χ4n) is 2.35. The van der Waals surface area contributed by atoms with Gasteiger partial charge in [0.15, 0.2) is 0 Å². The van der Waals surface area contributed by atoms with Gasteiger partial charge < -0.3 is 5.32 Å². The van der Waals surface area contributed by atoms with Gasteiger partial charge in [-0.2, -0.15) is 5.10 Å². The monoisotopic (exact) mass is 389 g/mol. The first-order valence-corrected chi connectivity index (χ1v) is 8.53. The number of nitrogens with one attached hydrogen (secondary N) is 1. The van der Waals surface area contributed by atoms with Crippen molar-refractivity contribution in [2.75, 3.05) is 6.54 Å². The fraction of sp³-hybridized carbons (Fsp3) is 0.400. The van der Waals surface area contributed by atoms with Gasteiger partial charge in [0.2, 0.25) is 0 Å². The van der Waals surface area contributed by atoms with Gasteiger partial charge in [0.1, 0.15) is 0 Å². The van der Waals surface area contributed by atoms with E-state index in [2.05, 4.69) is 40.2 Å². The molecule has 1 atom stereocenters. The van der Waals surface area contributed by atoms with Crippen molar-refractivity contribution < 1.29 is 0 Å². The molecule has 1 aromatic carbocycles. The molecule has 0 aliphatic carbocycles. The zero-order valence-electron chi connectivity index (χ0n) is 12.0. The predicted octanol–water partition coefficient (Wildman–Crippen LogP) is 5.06. The smallest absolute Gasteiger partial charge is 0.0774 e. The van der Waals surface area contributed by atoms with Crippen molar-refractivity contribution in [1.29, 1.82) is 0 Å². The average Bonchev–Trinajstić information content (AvgIpc) is 2.81. The van der Waals surface area contributed by atoms with Crippen LogP contribution in [-0.4, -0.2) is 16.3 Å². The van der Waals surface area contributed by atoms with E-state index in [1.165, 1.54) is 0 Å². The predicted molar refractivity (Wildman–Crippen MR) is 92.2 cm³/mol. The lowest BCUT2D eigenvalue weighted by Crippen LogP contribution is -2.25. The molecule has 0 saturated carbocycles. The minimum Gasteiger partial charge on any atom is -0.305 e. The molecule has 1 unspecified atom stereocenters. The molecule has 0 amide bonds. The maximum atomic E-state index is 6.41. The van der Waals surface area contributed by atoms with Gasteiger partial charge >= 0.3 is 0 Å². The SMILES string of the molecule is CCCn1ncc(Br)c1C(NCC)c1cccc(Cl)c1Cl. The average molecular weight is 391 g/mol. The van der Waals surface area contributed by atoms with E-state index in [1.807, 2.05) is 23.0 Å². The lowest BCUT2D eigenvalue weighted by molar-refractivity contribution is 0.519. The third kappa shape index (κ3) is 3.62. The zero-order chi connectivity index (χ0) is 15.4. The Morgan fingerprint density at radius 1 is 1.33 bits per heavy atom. The van der Waals surface area contributed by atoms with Gasteiger partial charge in [-0.1, -0.05) is 49.2 Å². The van der Waals surface area contributed by atoms with Gasteiger partial charge in [-0.25, -0.2) is 0 Å². The normalized spacial score (nSPS) is 12.6. The van der Waals surface area contributed by atoms with E-state index in [-0.39, 0.29) is 6.04 Å². The molecule has 21 heavy (non-hydrogen) atoms. The standard InChI is InChI=1S/C15H18BrCl2N3/c1-3-8-21-15(11(16)9-20-21)14(19-4-2)10-6-5-7-12(17)13(10)18/h5-7,9,14,19H,3-4,8H2,1-2H3. The molecular formula is C15H18BrCl2N3. The molecular weight excluding hydrogens is 373 g/mol. The molecule has 0 radical (unpaired) electrons. The Kier molecular flexibility index (Phi) is 6.11. The largest absolute Gasteiger partial charge is 0.305 e. The van der Waals surface area contributed by atoms with Crippen LogP contribution >= 0.6 is 39.1 Å². The molecule has 0 saturated heterocycles. The van der Waals surface area contributed by atoms with Crippen LogP contribution in [0.25, 0.3) is 0 Å². The second kappa shape index (κ2) is 7.63. The van der Waals surface area contributed by atoms with Gasteiger partial charge in [0, 0.05) is 6.54 Å². The first kappa shape index (κ1) is 16.8. The van der Waals surface area contributed by atoms with Gasteiger partial charge in [-0.05, 0) is 40.5 Å². The first-order chi connectivity index (χ1) is 10.1. The Morgan fingerprint density at radius 2 is 2.10 bits per heavy atom. The number of aryl methyl sites for hydroxylation is 1. The topological polar surface area (TPSA) is 29.9 Å². The molecule has 0 bridgehead atoms. The number of hydrogen-bond acceptors (Lipinski definition) is 2. The molecule has 1 heterocycles. The summed E-state index contributed by atoms with van der Waals surface area (Å²) in [5.41, 5.74) is 2.03. The lowest BCUT2D eigenvalue weighted by Gasteiger charge is -2.22. The molecule has 114 valence electrons. The van der Waals surface area contributed by atoms with E-state index in [0.717, 1.165) is 35.2 Å². The second-order valence-corrected chi connectivity index (χ2v) is 6.37. The maximum absolute atomic E-state index is 6.41. The molecule has 2 aromatic rings. The van der Waals surface area contributed by atoms with Crippen LogP contribution in [0.5, 0.6) is 0 Å². The van der Waals surface area contributed by atoms with Crippen molar-refractivity contribution in [3.63, 3.8) is 0 Å². The number of halogens is 3. The summed E-state index contributed by atoms with van der Waals surface area (Å²) < 4.78 is 2.98. The number of nitrogens with zero attached hydrogens (tertiary/aromatic N) is 2. The number of rotatable bonds is 6. The van der Waals surface area contributed by atoms with Crippen LogP contribution in [0.3, 0.4) is 0 Å². The van der Waals surface area contributed by atoms with E-state index in [1.54, 1.807) is 6.07 Å². The first-order valence-electron chi connectivity index (χ1n) is 6.98.